The van der Waals surface area contributed by atoms with Crippen LogP contribution in [0, 0.1) is 5.92 Å². The summed E-state index contributed by atoms with van der Waals surface area (Å²) in [6, 6.07) is 3.80. The van der Waals surface area contributed by atoms with E-state index in [4.69, 9.17) is 8.83 Å². The molecule has 0 aliphatic heterocycles. The van der Waals surface area contributed by atoms with Gasteiger partial charge >= 0.3 is 0 Å². The van der Waals surface area contributed by atoms with E-state index in [2.05, 4.69) is 22.4 Å². The zero-order valence-electron chi connectivity index (χ0n) is 12.4. The van der Waals surface area contributed by atoms with Crippen LogP contribution in [0.2, 0.25) is 0 Å². The van der Waals surface area contributed by atoms with Gasteiger partial charge in [-0.1, -0.05) is 31.5 Å². The Balaban J connectivity index is 1.49. The third-order valence-electron chi connectivity index (χ3n) is 3.92. The van der Waals surface area contributed by atoms with Crippen molar-refractivity contribution >= 4 is 17.7 Å². The number of hydrogen-bond donors (Lipinski definition) is 1. The molecule has 6 nitrogen and oxygen atoms in total. The van der Waals surface area contributed by atoms with E-state index in [1.165, 1.54) is 31.0 Å². The lowest BCUT2D eigenvalue weighted by Gasteiger charge is -2.29. The lowest BCUT2D eigenvalue weighted by molar-refractivity contribution is -0.119. The van der Waals surface area contributed by atoms with Crippen LogP contribution >= 0.6 is 11.8 Å². The molecule has 2 atom stereocenters. The van der Waals surface area contributed by atoms with Gasteiger partial charge in [0.25, 0.3) is 11.1 Å². The third kappa shape index (κ3) is 3.71. The van der Waals surface area contributed by atoms with Crippen LogP contribution in [0.4, 0.5) is 0 Å². The molecular formula is C15H19N3O3S. The highest BCUT2D eigenvalue weighted by molar-refractivity contribution is 7.99. The van der Waals surface area contributed by atoms with Gasteiger partial charge in [-0.05, 0) is 30.9 Å². The summed E-state index contributed by atoms with van der Waals surface area (Å²) >= 11 is 1.24. The highest BCUT2D eigenvalue weighted by atomic mass is 32.2. The van der Waals surface area contributed by atoms with Crippen molar-refractivity contribution in [3.8, 4) is 11.7 Å². The second kappa shape index (κ2) is 7.00. The molecule has 3 rings (SSSR count). The van der Waals surface area contributed by atoms with Gasteiger partial charge < -0.3 is 14.2 Å². The summed E-state index contributed by atoms with van der Waals surface area (Å²) in [5, 5.41) is 11.3. The summed E-state index contributed by atoms with van der Waals surface area (Å²) in [6.07, 6.45) is 6.26. The molecule has 1 saturated carbocycles. The minimum absolute atomic E-state index is 0.0153. The van der Waals surface area contributed by atoms with E-state index in [9.17, 15) is 4.79 Å². The molecule has 0 bridgehead atoms. The van der Waals surface area contributed by atoms with Crippen LogP contribution in [0.25, 0.3) is 11.7 Å². The van der Waals surface area contributed by atoms with E-state index in [-0.39, 0.29) is 11.7 Å². The summed E-state index contributed by atoms with van der Waals surface area (Å²) in [5.41, 5.74) is 0. The van der Waals surface area contributed by atoms with Crippen LogP contribution in [-0.4, -0.2) is 27.9 Å². The first kappa shape index (κ1) is 15.1. The Morgan fingerprint density at radius 2 is 2.27 bits per heavy atom. The first-order valence-corrected chi connectivity index (χ1v) is 8.50. The summed E-state index contributed by atoms with van der Waals surface area (Å²) in [6.45, 7) is 2.20. The van der Waals surface area contributed by atoms with Crippen molar-refractivity contribution < 1.29 is 13.6 Å². The molecule has 1 aliphatic carbocycles. The van der Waals surface area contributed by atoms with Crippen molar-refractivity contribution in [3.63, 3.8) is 0 Å². The molecule has 1 N–H and O–H groups in total. The molecule has 0 unspecified atom stereocenters. The molecule has 1 aliphatic rings. The molecule has 118 valence electrons. The lowest BCUT2D eigenvalue weighted by atomic mass is 9.86. The monoisotopic (exact) mass is 321 g/mol. The first-order valence-electron chi connectivity index (χ1n) is 7.52. The maximum absolute atomic E-state index is 12.0. The number of hydrogen-bond acceptors (Lipinski definition) is 6. The van der Waals surface area contributed by atoms with Gasteiger partial charge in [-0.3, -0.25) is 4.79 Å². The van der Waals surface area contributed by atoms with Crippen molar-refractivity contribution in [2.75, 3.05) is 5.75 Å². The Kier molecular flexibility index (Phi) is 4.82. The van der Waals surface area contributed by atoms with Crippen molar-refractivity contribution in [2.24, 2.45) is 5.92 Å². The Labute approximate surface area is 133 Å². The highest BCUT2D eigenvalue weighted by Crippen LogP contribution is 2.25. The van der Waals surface area contributed by atoms with Crippen molar-refractivity contribution in [3.05, 3.63) is 18.4 Å². The lowest BCUT2D eigenvalue weighted by Crippen LogP contribution is -2.41. The summed E-state index contributed by atoms with van der Waals surface area (Å²) < 4.78 is 10.6. The smallest absolute Gasteiger partial charge is 0.284 e. The van der Waals surface area contributed by atoms with Gasteiger partial charge in [0.2, 0.25) is 5.91 Å². The quantitative estimate of drug-likeness (QED) is 0.852. The number of carbonyl (C=O) groups excluding carboxylic acids is 1. The van der Waals surface area contributed by atoms with Crippen molar-refractivity contribution in [1.29, 1.82) is 0 Å². The fourth-order valence-electron chi connectivity index (χ4n) is 2.67. The van der Waals surface area contributed by atoms with Crippen LogP contribution in [0.1, 0.15) is 32.6 Å². The second-order valence-electron chi connectivity index (χ2n) is 5.57. The predicted octanol–water partition coefficient (Wildman–Crippen LogP) is 3.12. The van der Waals surface area contributed by atoms with Crippen LogP contribution < -0.4 is 5.32 Å². The van der Waals surface area contributed by atoms with E-state index < -0.39 is 0 Å². The number of thioether (sulfide) groups is 1. The number of furan rings is 1. The molecule has 0 radical (unpaired) electrons. The zero-order valence-corrected chi connectivity index (χ0v) is 13.3. The van der Waals surface area contributed by atoms with Gasteiger partial charge in [-0.25, -0.2) is 0 Å². The molecule has 7 heteroatoms. The van der Waals surface area contributed by atoms with E-state index in [1.807, 2.05) is 0 Å². The molecule has 0 saturated heterocycles. The maximum atomic E-state index is 12.0. The number of carbonyl (C=O) groups is 1. The predicted molar refractivity (Wildman–Crippen MR) is 82.3 cm³/mol. The number of aromatic nitrogens is 2. The highest BCUT2D eigenvalue weighted by Gasteiger charge is 2.23. The summed E-state index contributed by atoms with van der Waals surface area (Å²) in [4.78, 5) is 12.0. The number of nitrogens with one attached hydrogen (secondary N) is 1. The fraction of sp³-hybridized carbons (Fsp3) is 0.533. The Morgan fingerprint density at radius 1 is 1.41 bits per heavy atom. The van der Waals surface area contributed by atoms with Crippen LogP contribution in [-0.2, 0) is 4.79 Å². The number of nitrogens with zero attached hydrogens (tertiary/aromatic N) is 2. The van der Waals surface area contributed by atoms with Gasteiger partial charge in [0.15, 0.2) is 5.76 Å². The minimum Gasteiger partial charge on any atom is -0.459 e. The summed E-state index contributed by atoms with van der Waals surface area (Å²) in [5.74, 6) is 1.70. The molecule has 1 fully saturated rings. The largest absolute Gasteiger partial charge is 0.459 e. The van der Waals surface area contributed by atoms with Gasteiger partial charge in [-0.2, -0.15) is 0 Å². The van der Waals surface area contributed by atoms with E-state index in [0.717, 1.165) is 6.42 Å². The second-order valence-corrected chi connectivity index (χ2v) is 6.50. The molecule has 0 aromatic carbocycles. The average molecular weight is 321 g/mol. The molecule has 2 aromatic heterocycles. The molecule has 1 amide bonds. The minimum atomic E-state index is 0.0153. The Hall–Kier alpha value is -1.76. The third-order valence-corrected chi connectivity index (χ3v) is 4.74. The molecule has 0 spiro atoms. The Morgan fingerprint density at radius 3 is 3.05 bits per heavy atom. The normalized spacial score (nSPS) is 21.7. The molecule has 2 heterocycles. The average Bonchev–Trinajstić information content (AvgIpc) is 3.18. The van der Waals surface area contributed by atoms with Crippen LogP contribution in [0.5, 0.6) is 0 Å². The molecule has 22 heavy (non-hydrogen) atoms. The van der Waals surface area contributed by atoms with Crippen molar-refractivity contribution in [2.45, 2.75) is 43.9 Å². The topological polar surface area (TPSA) is 81.2 Å². The van der Waals surface area contributed by atoms with Crippen LogP contribution in [0.15, 0.2) is 32.5 Å². The van der Waals surface area contributed by atoms with E-state index >= 15 is 0 Å². The Bertz CT molecular complexity index is 611. The van der Waals surface area contributed by atoms with Gasteiger partial charge in [0.1, 0.15) is 0 Å². The molecular weight excluding hydrogens is 302 g/mol. The number of rotatable bonds is 5. The standard InChI is InChI=1S/C15H19N3O3S/c1-10-5-2-3-6-11(10)16-13(19)9-22-15-18-17-14(21-15)12-7-4-8-20-12/h4,7-8,10-11H,2-3,5-6,9H2,1H3,(H,16,19)/t10-,11+/m1/s1. The van der Waals surface area contributed by atoms with Crippen LogP contribution in [0.3, 0.4) is 0 Å². The fourth-order valence-corrected chi connectivity index (χ4v) is 3.25. The first-order chi connectivity index (χ1) is 10.7. The van der Waals surface area contributed by atoms with Gasteiger partial charge in [0, 0.05) is 6.04 Å². The summed E-state index contributed by atoms with van der Waals surface area (Å²) in [7, 11) is 0. The van der Waals surface area contributed by atoms with Crippen molar-refractivity contribution in [1.82, 2.24) is 15.5 Å². The maximum Gasteiger partial charge on any atom is 0.284 e. The van der Waals surface area contributed by atoms with E-state index in [0.29, 0.717) is 28.8 Å². The number of amides is 1. The SMILES string of the molecule is C[C@@H]1CCCC[C@@H]1NC(=O)CSc1nnc(-c2ccco2)o1. The van der Waals surface area contributed by atoms with Gasteiger partial charge in [0.05, 0.1) is 12.0 Å². The zero-order chi connectivity index (χ0) is 15.4. The molecule has 2 aromatic rings. The van der Waals surface area contributed by atoms with E-state index in [1.54, 1.807) is 18.4 Å². The van der Waals surface area contributed by atoms with Gasteiger partial charge in [-0.15, -0.1) is 10.2 Å².